The topological polar surface area (TPSA) is 12.0 Å². The Bertz CT molecular complexity index is 353. The highest BCUT2D eigenvalue weighted by atomic mass is 79.9. The zero-order valence-corrected chi connectivity index (χ0v) is 12.7. The first kappa shape index (κ1) is 14.1. The molecule has 0 aromatic heterocycles. The second-order valence-corrected chi connectivity index (χ2v) is 5.98. The summed E-state index contributed by atoms with van der Waals surface area (Å²) in [6.07, 6.45) is 1.03. The van der Waals surface area contributed by atoms with Gasteiger partial charge in [0.25, 0.3) is 0 Å². The van der Waals surface area contributed by atoms with Crippen LogP contribution in [0.4, 0.5) is 4.39 Å². The Morgan fingerprint density at radius 1 is 1.38 bits per heavy atom. The van der Waals surface area contributed by atoms with Crippen LogP contribution < -0.4 is 5.32 Å². The molecule has 0 aliphatic heterocycles. The standard InChI is InChI=1S/C12H16Br2FN/c1-12(2,6-7-13)16-8-9-4-3-5-10(15)11(9)14/h3-5,16H,6-8H2,1-2H3. The van der Waals surface area contributed by atoms with Crippen molar-refractivity contribution in [3.63, 3.8) is 0 Å². The SMILES string of the molecule is CC(C)(CCBr)NCc1cccc(F)c1Br. The van der Waals surface area contributed by atoms with E-state index in [4.69, 9.17) is 0 Å². The molecule has 0 unspecified atom stereocenters. The predicted molar refractivity (Wildman–Crippen MR) is 73.4 cm³/mol. The van der Waals surface area contributed by atoms with Crippen molar-refractivity contribution in [1.82, 2.24) is 5.32 Å². The number of alkyl halides is 1. The molecule has 0 saturated carbocycles. The lowest BCUT2D eigenvalue weighted by Crippen LogP contribution is -2.39. The van der Waals surface area contributed by atoms with E-state index in [0.717, 1.165) is 17.3 Å². The number of hydrogen-bond acceptors (Lipinski definition) is 1. The molecule has 0 radical (unpaired) electrons. The molecule has 1 N–H and O–H groups in total. The lowest BCUT2D eigenvalue weighted by molar-refractivity contribution is 0.377. The first-order valence-corrected chi connectivity index (χ1v) is 7.11. The molecule has 0 heterocycles. The van der Waals surface area contributed by atoms with Gasteiger partial charge in [0.05, 0.1) is 4.47 Å². The average molecular weight is 353 g/mol. The molecule has 1 aromatic rings. The Morgan fingerprint density at radius 3 is 2.69 bits per heavy atom. The summed E-state index contributed by atoms with van der Waals surface area (Å²) in [6, 6.07) is 5.11. The van der Waals surface area contributed by atoms with Gasteiger partial charge in [-0.25, -0.2) is 4.39 Å². The van der Waals surface area contributed by atoms with E-state index < -0.39 is 0 Å². The predicted octanol–water partition coefficient (Wildman–Crippen LogP) is 4.24. The van der Waals surface area contributed by atoms with Gasteiger partial charge in [-0.3, -0.25) is 0 Å². The summed E-state index contributed by atoms with van der Waals surface area (Å²) in [5, 5.41) is 4.37. The van der Waals surface area contributed by atoms with Crippen molar-refractivity contribution in [1.29, 1.82) is 0 Å². The van der Waals surface area contributed by atoms with Gasteiger partial charge in [-0.2, -0.15) is 0 Å². The summed E-state index contributed by atoms with van der Waals surface area (Å²) in [5.41, 5.74) is 0.998. The summed E-state index contributed by atoms with van der Waals surface area (Å²) >= 11 is 6.69. The van der Waals surface area contributed by atoms with Crippen LogP contribution in [0.2, 0.25) is 0 Å². The van der Waals surface area contributed by atoms with E-state index in [1.807, 2.05) is 6.07 Å². The quantitative estimate of drug-likeness (QED) is 0.781. The maximum Gasteiger partial charge on any atom is 0.137 e. The lowest BCUT2D eigenvalue weighted by atomic mass is 10.0. The van der Waals surface area contributed by atoms with Gasteiger partial charge < -0.3 is 5.32 Å². The summed E-state index contributed by atoms with van der Waals surface area (Å²) in [4.78, 5) is 0. The number of hydrogen-bond donors (Lipinski definition) is 1. The highest BCUT2D eigenvalue weighted by molar-refractivity contribution is 9.10. The van der Waals surface area contributed by atoms with Gasteiger partial charge in [-0.05, 0) is 47.8 Å². The van der Waals surface area contributed by atoms with E-state index in [2.05, 4.69) is 51.0 Å². The van der Waals surface area contributed by atoms with Crippen molar-refractivity contribution in [2.45, 2.75) is 32.4 Å². The van der Waals surface area contributed by atoms with Crippen molar-refractivity contribution >= 4 is 31.9 Å². The molecular formula is C12H16Br2FN. The maximum absolute atomic E-state index is 13.3. The van der Waals surface area contributed by atoms with Crippen LogP contribution in [0.3, 0.4) is 0 Å². The molecule has 0 aliphatic rings. The lowest BCUT2D eigenvalue weighted by Gasteiger charge is -2.25. The third-order valence-electron chi connectivity index (χ3n) is 2.51. The van der Waals surface area contributed by atoms with Gasteiger partial charge in [0.2, 0.25) is 0 Å². The van der Waals surface area contributed by atoms with Gasteiger partial charge in [0.1, 0.15) is 5.82 Å². The van der Waals surface area contributed by atoms with Gasteiger partial charge in [0, 0.05) is 17.4 Å². The summed E-state index contributed by atoms with van der Waals surface area (Å²) < 4.78 is 13.8. The van der Waals surface area contributed by atoms with E-state index in [-0.39, 0.29) is 11.4 Å². The van der Waals surface area contributed by atoms with E-state index in [1.54, 1.807) is 6.07 Å². The molecule has 1 aromatic carbocycles. The Balaban J connectivity index is 2.64. The fourth-order valence-corrected chi connectivity index (χ4v) is 2.74. The molecule has 0 amide bonds. The zero-order valence-electron chi connectivity index (χ0n) is 9.49. The van der Waals surface area contributed by atoms with Crippen molar-refractivity contribution in [3.8, 4) is 0 Å². The van der Waals surface area contributed by atoms with Crippen LogP contribution in [0.15, 0.2) is 22.7 Å². The van der Waals surface area contributed by atoms with E-state index in [1.165, 1.54) is 6.07 Å². The number of rotatable bonds is 5. The largest absolute Gasteiger partial charge is 0.308 e. The van der Waals surface area contributed by atoms with Crippen LogP contribution >= 0.6 is 31.9 Å². The highest BCUT2D eigenvalue weighted by Crippen LogP contribution is 2.21. The minimum absolute atomic E-state index is 0.0509. The Morgan fingerprint density at radius 2 is 2.06 bits per heavy atom. The zero-order chi connectivity index (χ0) is 12.2. The average Bonchev–Trinajstić information content (AvgIpc) is 2.20. The third kappa shape index (κ3) is 4.15. The Kier molecular flexibility index (Phi) is 5.41. The second-order valence-electron chi connectivity index (χ2n) is 4.39. The Hall–Kier alpha value is 0.0700. The highest BCUT2D eigenvalue weighted by Gasteiger charge is 2.16. The van der Waals surface area contributed by atoms with Crippen molar-refractivity contribution in [3.05, 3.63) is 34.1 Å². The van der Waals surface area contributed by atoms with Crippen LogP contribution in [0.1, 0.15) is 25.8 Å². The van der Waals surface area contributed by atoms with Crippen LogP contribution in [0, 0.1) is 5.82 Å². The number of halogens is 3. The van der Waals surface area contributed by atoms with Gasteiger partial charge >= 0.3 is 0 Å². The molecule has 4 heteroatoms. The van der Waals surface area contributed by atoms with Crippen LogP contribution in [0.5, 0.6) is 0 Å². The fraction of sp³-hybridized carbons (Fsp3) is 0.500. The normalized spacial score (nSPS) is 11.8. The molecule has 0 bridgehead atoms. The minimum atomic E-state index is -0.211. The molecule has 0 aliphatic carbocycles. The molecule has 1 nitrogen and oxygen atoms in total. The summed E-state index contributed by atoms with van der Waals surface area (Å²) in [5.74, 6) is -0.211. The first-order chi connectivity index (χ1) is 7.46. The summed E-state index contributed by atoms with van der Waals surface area (Å²) in [6.45, 7) is 4.95. The van der Waals surface area contributed by atoms with Crippen molar-refractivity contribution < 1.29 is 4.39 Å². The van der Waals surface area contributed by atoms with Crippen molar-refractivity contribution in [2.75, 3.05) is 5.33 Å². The fourth-order valence-electron chi connectivity index (χ4n) is 1.34. The van der Waals surface area contributed by atoms with Crippen molar-refractivity contribution in [2.24, 2.45) is 0 Å². The first-order valence-electron chi connectivity index (χ1n) is 5.20. The Labute approximate surface area is 113 Å². The van der Waals surface area contributed by atoms with Crippen LogP contribution in [-0.2, 0) is 6.54 Å². The number of benzene rings is 1. The molecule has 0 saturated heterocycles. The summed E-state index contributed by atoms with van der Waals surface area (Å²) in [7, 11) is 0. The van der Waals surface area contributed by atoms with E-state index >= 15 is 0 Å². The molecule has 0 atom stereocenters. The molecular weight excluding hydrogens is 337 g/mol. The van der Waals surface area contributed by atoms with Crippen LogP contribution in [-0.4, -0.2) is 10.9 Å². The second kappa shape index (κ2) is 6.12. The smallest absolute Gasteiger partial charge is 0.137 e. The van der Waals surface area contributed by atoms with E-state index in [9.17, 15) is 4.39 Å². The molecule has 16 heavy (non-hydrogen) atoms. The molecule has 0 fully saturated rings. The van der Waals surface area contributed by atoms with Crippen LogP contribution in [0.25, 0.3) is 0 Å². The monoisotopic (exact) mass is 351 g/mol. The number of nitrogens with one attached hydrogen (secondary N) is 1. The maximum atomic E-state index is 13.3. The van der Waals surface area contributed by atoms with Gasteiger partial charge in [-0.1, -0.05) is 28.1 Å². The molecule has 0 spiro atoms. The van der Waals surface area contributed by atoms with Gasteiger partial charge in [0.15, 0.2) is 0 Å². The van der Waals surface area contributed by atoms with E-state index in [0.29, 0.717) is 11.0 Å². The minimum Gasteiger partial charge on any atom is -0.308 e. The molecule has 1 rings (SSSR count). The third-order valence-corrected chi connectivity index (χ3v) is 3.79. The van der Waals surface area contributed by atoms with Gasteiger partial charge in [-0.15, -0.1) is 0 Å². The molecule has 90 valence electrons.